The minimum atomic E-state index is -0.677. The van der Waals surface area contributed by atoms with Crippen LogP contribution >= 0.6 is 0 Å². The Labute approximate surface area is 145 Å². The van der Waals surface area contributed by atoms with Crippen LogP contribution in [0.1, 0.15) is 22.1 Å². The maximum absolute atomic E-state index is 12.3. The Morgan fingerprint density at radius 1 is 0.920 bits per heavy atom. The quantitative estimate of drug-likeness (QED) is 0.807. The molecule has 1 aliphatic rings. The van der Waals surface area contributed by atoms with Gasteiger partial charge in [0.1, 0.15) is 17.1 Å². The second-order valence-corrected chi connectivity index (χ2v) is 5.26. The summed E-state index contributed by atoms with van der Waals surface area (Å²) in [5.74, 6) is 1.60. The largest absolute Gasteiger partial charge is 0.497 e. The minimum absolute atomic E-state index is 0.348. The molecule has 3 rings (SSSR count). The van der Waals surface area contributed by atoms with Gasteiger partial charge in [0.05, 0.1) is 34.1 Å². The summed E-state index contributed by atoms with van der Waals surface area (Å²) in [6.07, 6.45) is -0.677. The third-order valence-electron chi connectivity index (χ3n) is 3.98. The van der Waals surface area contributed by atoms with E-state index in [-0.39, 0.29) is 0 Å². The smallest absolute Gasteiger partial charge is 0.344 e. The van der Waals surface area contributed by atoms with E-state index in [0.29, 0.717) is 39.8 Å². The lowest BCUT2D eigenvalue weighted by atomic mass is 10.1. The van der Waals surface area contributed by atoms with Crippen molar-refractivity contribution < 1.29 is 28.5 Å². The molecule has 0 spiro atoms. The van der Waals surface area contributed by atoms with E-state index >= 15 is 0 Å². The number of esters is 1. The Morgan fingerprint density at radius 3 is 2.28 bits per heavy atom. The van der Waals surface area contributed by atoms with Gasteiger partial charge in [0.15, 0.2) is 11.5 Å². The third-order valence-corrected chi connectivity index (χ3v) is 3.98. The number of carbonyl (C=O) groups is 1. The molecule has 0 saturated carbocycles. The van der Waals surface area contributed by atoms with Gasteiger partial charge >= 0.3 is 5.97 Å². The highest BCUT2D eigenvalue weighted by Gasteiger charge is 2.36. The number of hydrogen-bond acceptors (Lipinski definition) is 7. The summed E-state index contributed by atoms with van der Waals surface area (Å²) in [5, 5.41) is 3.17. The van der Waals surface area contributed by atoms with E-state index in [1.54, 1.807) is 44.6 Å². The molecule has 0 saturated heterocycles. The van der Waals surface area contributed by atoms with Gasteiger partial charge in [0.2, 0.25) is 6.23 Å². The average molecular weight is 345 g/mol. The standard InChI is InChI=1S/C18H19NO6/c1-21-10-5-7-13(22-2)12(9-10)19-17-11-6-8-14(23-3)16(24-4)15(11)18(20)25-17/h5-9,17,19H,1-4H3/t17-/m0/s1. The van der Waals surface area contributed by atoms with Crippen LogP contribution in [-0.2, 0) is 4.74 Å². The van der Waals surface area contributed by atoms with Gasteiger partial charge in [-0.25, -0.2) is 4.79 Å². The molecule has 0 fully saturated rings. The van der Waals surface area contributed by atoms with Crippen molar-refractivity contribution in [3.05, 3.63) is 41.5 Å². The molecule has 1 N–H and O–H groups in total. The molecule has 0 bridgehead atoms. The second-order valence-electron chi connectivity index (χ2n) is 5.26. The topological polar surface area (TPSA) is 75.2 Å². The molecular formula is C18H19NO6. The van der Waals surface area contributed by atoms with Crippen LogP contribution in [0.25, 0.3) is 0 Å². The van der Waals surface area contributed by atoms with Gasteiger partial charge in [0.25, 0.3) is 0 Å². The fraction of sp³-hybridized carbons (Fsp3) is 0.278. The first kappa shape index (κ1) is 16.8. The Balaban J connectivity index is 1.99. The van der Waals surface area contributed by atoms with Crippen LogP contribution in [0.4, 0.5) is 5.69 Å². The number of rotatable bonds is 6. The summed E-state index contributed by atoms with van der Waals surface area (Å²) in [4.78, 5) is 12.3. The Hall–Kier alpha value is -3.09. The minimum Gasteiger partial charge on any atom is -0.497 e. The molecule has 132 valence electrons. The van der Waals surface area contributed by atoms with Crippen molar-refractivity contribution in [2.24, 2.45) is 0 Å². The number of methoxy groups -OCH3 is 4. The summed E-state index contributed by atoms with van der Waals surface area (Å²) in [5.41, 5.74) is 1.65. The van der Waals surface area contributed by atoms with Crippen LogP contribution < -0.4 is 24.3 Å². The summed E-state index contributed by atoms with van der Waals surface area (Å²) in [6.45, 7) is 0. The Bertz CT molecular complexity index is 804. The maximum atomic E-state index is 12.3. The lowest BCUT2D eigenvalue weighted by Crippen LogP contribution is -2.11. The van der Waals surface area contributed by atoms with Crippen LogP contribution in [-0.4, -0.2) is 34.4 Å². The molecule has 7 nitrogen and oxygen atoms in total. The molecule has 1 heterocycles. The number of cyclic esters (lactones) is 1. The third kappa shape index (κ3) is 2.88. The SMILES string of the molecule is COc1ccc(OC)c(N[C@H]2OC(=O)c3c2ccc(OC)c3OC)c1. The summed E-state index contributed by atoms with van der Waals surface area (Å²) >= 11 is 0. The lowest BCUT2D eigenvalue weighted by molar-refractivity contribution is 0.0434. The number of carbonyl (C=O) groups excluding carboxylic acids is 1. The highest BCUT2D eigenvalue weighted by atomic mass is 16.6. The first-order valence-corrected chi connectivity index (χ1v) is 7.57. The summed E-state index contributed by atoms with van der Waals surface area (Å²) in [7, 11) is 6.14. The van der Waals surface area contributed by atoms with Crippen molar-refractivity contribution in [2.45, 2.75) is 6.23 Å². The molecule has 0 aromatic heterocycles. The highest BCUT2D eigenvalue weighted by molar-refractivity contribution is 5.98. The first-order chi connectivity index (χ1) is 12.1. The van der Waals surface area contributed by atoms with E-state index in [0.717, 1.165) is 0 Å². The van der Waals surface area contributed by atoms with Gasteiger partial charge in [-0.05, 0) is 24.3 Å². The molecule has 0 unspecified atom stereocenters. The van der Waals surface area contributed by atoms with Crippen LogP contribution in [0.5, 0.6) is 23.0 Å². The zero-order valence-corrected chi connectivity index (χ0v) is 14.4. The number of nitrogens with one attached hydrogen (secondary N) is 1. The molecule has 0 radical (unpaired) electrons. The van der Waals surface area contributed by atoms with E-state index in [4.69, 9.17) is 23.7 Å². The van der Waals surface area contributed by atoms with Gasteiger partial charge in [-0.3, -0.25) is 0 Å². The Kier molecular flexibility index (Phi) is 4.56. The first-order valence-electron chi connectivity index (χ1n) is 7.57. The van der Waals surface area contributed by atoms with Gasteiger partial charge in [-0.15, -0.1) is 0 Å². The van der Waals surface area contributed by atoms with E-state index in [1.807, 2.05) is 0 Å². The zero-order chi connectivity index (χ0) is 18.0. The maximum Gasteiger partial charge on any atom is 0.344 e. The van der Waals surface area contributed by atoms with Crippen molar-refractivity contribution in [1.82, 2.24) is 0 Å². The van der Waals surface area contributed by atoms with Crippen molar-refractivity contribution in [3.8, 4) is 23.0 Å². The predicted octanol–water partition coefficient (Wildman–Crippen LogP) is 3.00. The van der Waals surface area contributed by atoms with Gasteiger partial charge < -0.3 is 29.0 Å². The van der Waals surface area contributed by atoms with Gasteiger partial charge in [-0.2, -0.15) is 0 Å². The number of ether oxygens (including phenoxy) is 5. The molecule has 1 atom stereocenters. The predicted molar refractivity (Wildman–Crippen MR) is 90.9 cm³/mol. The van der Waals surface area contributed by atoms with Crippen LogP contribution in [0.15, 0.2) is 30.3 Å². The molecule has 25 heavy (non-hydrogen) atoms. The molecule has 7 heteroatoms. The average Bonchev–Trinajstić information content (AvgIpc) is 2.96. The van der Waals surface area contributed by atoms with Gasteiger partial charge in [0, 0.05) is 11.6 Å². The molecule has 0 amide bonds. The molecule has 2 aromatic rings. The highest BCUT2D eigenvalue weighted by Crippen LogP contribution is 2.43. The van der Waals surface area contributed by atoms with E-state index in [1.165, 1.54) is 14.2 Å². The Morgan fingerprint density at radius 2 is 1.64 bits per heavy atom. The zero-order valence-electron chi connectivity index (χ0n) is 14.4. The van der Waals surface area contributed by atoms with Crippen LogP contribution in [0, 0.1) is 0 Å². The van der Waals surface area contributed by atoms with Crippen LogP contribution in [0.3, 0.4) is 0 Å². The van der Waals surface area contributed by atoms with Gasteiger partial charge in [-0.1, -0.05) is 0 Å². The summed E-state index contributed by atoms with van der Waals surface area (Å²) < 4.78 is 26.6. The van der Waals surface area contributed by atoms with E-state index in [9.17, 15) is 4.79 Å². The van der Waals surface area contributed by atoms with Crippen LogP contribution in [0.2, 0.25) is 0 Å². The fourth-order valence-corrected chi connectivity index (χ4v) is 2.78. The molecule has 2 aromatic carbocycles. The fourth-order valence-electron chi connectivity index (χ4n) is 2.78. The van der Waals surface area contributed by atoms with Crippen molar-refractivity contribution in [3.63, 3.8) is 0 Å². The second kappa shape index (κ2) is 6.80. The number of benzene rings is 2. The summed E-state index contributed by atoms with van der Waals surface area (Å²) in [6, 6.07) is 8.83. The molecule has 1 aliphatic heterocycles. The molecular weight excluding hydrogens is 326 g/mol. The van der Waals surface area contributed by atoms with E-state index < -0.39 is 12.2 Å². The molecule has 0 aliphatic carbocycles. The van der Waals surface area contributed by atoms with Crippen molar-refractivity contribution >= 4 is 11.7 Å². The number of anilines is 1. The van der Waals surface area contributed by atoms with E-state index in [2.05, 4.69) is 5.32 Å². The van der Waals surface area contributed by atoms with Crippen molar-refractivity contribution in [2.75, 3.05) is 33.8 Å². The van der Waals surface area contributed by atoms with Crippen molar-refractivity contribution in [1.29, 1.82) is 0 Å². The monoisotopic (exact) mass is 345 g/mol. The normalized spacial score (nSPS) is 15.2. The number of hydrogen-bond donors (Lipinski definition) is 1. The lowest BCUT2D eigenvalue weighted by Gasteiger charge is -2.18. The number of fused-ring (bicyclic) bond motifs is 1.